The second-order valence-electron chi connectivity index (χ2n) is 17.0. The van der Waals surface area contributed by atoms with Crippen LogP contribution >= 0.6 is 23.2 Å². The van der Waals surface area contributed by atoms with Crippen LogP contribution in [0.25, 0.3) is 0 Å². The van der Waals surface area contributed by atoms with E-state index in [1.165, 1.54) is 44.5 Å². The van der Waals surface area contributed by atoms with Crippen LogP contribution < -0.4 is 0 Å². The van der Waals surface area contributed by atoms with Gasteiger partial charge in [0.1, 0.15) is 0 Å². The molecule has 0 radical (unpaired) electrons. The summed E-state index contributed by atoms with van der Waals surface area (Å²) < 4.78 is 0. The summed E-state index contributed by atoms with van der Waals surface area (Å²) in [5.74, 6) is 0.349. The summed E-state index contributed by atoms with van der Waals surface area (Å²) in [7, 11) is -0.841. The lowest BCUT2D eigenvalue weighted by Gasteiger charge is -2.41. The van der Waals surface area contributed by atoms with E-state index in [0.717, 1.165) is 22.9 Å². The Morgan fingerprint density at radius 2 is 1.00 bits per heavy atom. The Balaban J connectivity index is 1.43. The standard InChI is InChI=1S/C46H54Cl2Si/c1-11-31-27-35-33(29-21-23-39(41(47)25-29)43(3,4)5)17-13-15-19-37(35)45(31,9)49-46(10)32(12-2)28-36-34(18-14-16-20-38(36)46)30-22-24-40(42(48)26-30)44(6,7)8/h13-28,33-34H,11-12,49H2,1-10H3. The molecule has 0 amide bonds. The van der Waals surface area contributed by atoms with E-state index in [1.807, 2.05) is 0 Å². The Morgan fingerprint density at radius 1 is 0.612 bits per heavy atom. The summed E-state index contributed by atoms with van der Waals surface area (Å²) in [6.45, 7) is 23.2. The third-order valence-electron chi connectivity index (χ3n) is 11.7. The second-order valence-corrected chi connectivity index (χ2v) is 21.0. The molecule has 0 fully saturated rings. The second kappa shape index (κ2) is 13.0. The van der Waals surface area contributed by atoms with Crippen molar-refractivity contribution in [2.75, 3.05) is 0 Å². The molecule has 0 bridgehead atoms. The van der Waals surface area contributed by atoms with E-state index in [2.05, 4.69) is 166 Å². The quantitative estimate of drug-likeness (QED) is 0.263. The summed E-state index contributed by atoms with van der Waals surface area (Å²) in [4.78, 5) is 0. The minimum atomic E-state index is -0.841. The minimum absolute atomic E-state index is 0.00554. The van der Waals surface area contributed by atoms with Gasteiger partial charge in [0.15, 0.2) is 0 Å². The van der Waals surface area contributed by atoms with Gasteiger partial charge in [-0.2, -0.15) is 0 Å². The molecular formula is C46H54Cl2Si. The molecular weight excluding hydrogens is 651 g/mol. The zero-order valence-corrected chi connectivity index (χ0v) is 34.2. The van der Waals surface area contributed by atoms with Gasteiger partial charge in [0, 0.05) is 32.0 Å². The molecule has 2 aromatic carbocycles. The van der Waals surface area contributed by atoms with Gasteiger partial charge < -0.3 is 0 Å². The summed E-state index contributed by atoms with van der Waals surface area (Å²) >= 11 is 13.9. The summed E-state index contributed by atoms with van der Waals surface area (Å²) in [5, 5.41) is 1.76. The van der Waals surface area contributed by atoms with Crippen molar-refractivity contribution >= 4 is 32.7 Å². The monoisotopic (exact) mass is 704 g/mol. The van der Waals surface area contributed by atoms with Gasteiger partial charge in [0.05, 0.1) is 9.52 Å². The topological polar surface area (TPSA) is 0 Å². The maximum absolute atomic E-state index is 6.97. The molecule has 4 aliphatic carbocycles. The van der Waals surface area contributed by atoms with Gasteiger partial charge in [-0.15, -0.1) is 0 Å². The van der Waals surface area contributed by atoms with Gasteiger partial charge in [0.2, 0.25) is 0 Å². The van der Waals surface area contributed by atoms with Crippen molar-refractivity contribution in [1.82, 2.24) is 0 Å². The lowest BCUT2D eigenvalue weighted by Crippen LogP contribution is -2.31. The summed E-state index contributed by atoms with van der Waals surface area (Å²) in [6.07, 6.45) is 25.9. The molecule has 256 valence electrons. The average Bonchev–Trinajstić information content (AvgIpc) is 3.22. The van der Waals surface area contributed by atoms with Crippen LogP contribution in [-0.2, 0) is 10.8 Å². The van der Waals surface area contributed by atoms with Crippen LogP contribution in [0, 0.1) is 0 Å². The fourth-order valence-electron chi connectivity index (χ4n) is 9.13. The smallest absolute Gasteiger partial charge is 0.0544 e. The largest absolute Gasteiger partial charge is 0.0840 e. The lowest BCUT2D eigenvalue weighted by molar-refractivity contribution is 0.590. The van der Waals surface area contributed by atoms with E-state index in [-0.39, 0.29) is 32.7 Å². The molecule has 49 heavy (non-hydrogen) atoms. The highest BCUT2D eigenvalue weighted by atomic mass is 35.5. The Bertz CT molecular complexity index is 1790. The van der Waals surface area contributed by atoms with Gasteiger partial charge in [-0.25, -0.2) is 0 Å². The van der Waals surface area contributed by atoms with E-state index in [1.54, 1.807) is 11.1 Å². The molecule has 0 aromatic heterocycles. The normalized spacial score (nSPS) is 26.8. The maximum atomic E-state index is 6.97. The fraction of sp³-hybridized carbons (Fsp3) is 0.391. The SMILES string of the molecule is CCC1=CC2=C(C=CC=CC2c2ccc(C(C)(C)C)c(Cl)c2)C1(C)[SiH2]C1(C)C(CC)=CC2=C1C=CC=CC2c1ccc(C(C)(C)C)c(Cl)c1. The molecule has 2 aromatic rings. The highest BCUT2D eigenvalue weighted by Crippen LogP contribution is 2.63. The van der Waals surface area contributed by atoms with Crippen LogP contribution in [0.2, 0.25) is 20.1 Å². The minimum Gasteiger partial charge on any atom is -0.0840 e. The highest BCUT2D eigenvalue weighted by Gasteiger charge is 2.49. The third kappa shape index (κ3) is 6.34. The van der Waals surface area contributed by atoms with Crippen LogP contribution in [-0.4, -0.2) is 9.52 Å². The number of hydrogen-bond donors (Lipinski definition) is 0. The molecule has 0 saturated heterocycles. The molecule has 0 nitrogen and oxygen atoms in total. The van der Waals surface area contributed by atoms with Crippen molar-refractivity contribution in [3.63, 3.8) is 0 Å². The highest BCUT2D eigenvalue weighted by molar-refractivity contribution is 6.50. The first-order valence-corrected chi connectivity index (χ1v) is 20.4. The number of benzene rings is 2. The zero-order chi connectivity index (χ0) is 35.5. The van der Waals surface area contributed by atoms with Crippen molar-refractivity contribution in [3.05, 3.63) is 163 Å². The van der Waals surface area contributed by atoms with E-state index in [9.17, 15) is 0 Å². The third-order valence-corrected chi connectivity index (χ3v) is 15.4. The average molecular weight is 706 g/mol. The Labute approximate surface area is 309 Å². The van der Waals surface area contributed by atoms with Crippen LogP contribution in [0.4, 0.5) is 0 Å². The van der Waals surface area contributed by atoms with Crippen LogP contribution in [0.15, 0.2) is 131 Å². The molecule has 4 aliphatic rings. The van der Waals surface area contributed by atoms with Crippen molar-refractivity contribution in [2.24, 2.45) is 0 Å². The molecule has 3 heteroatoms. The number of halogens is 2. The molecule has 4 unspecified atom stereocenters. The molecule has 6 rings (SSSR count). The van der Waals surface area contributed by atoms with E-state index >= 15 is 0 Å². The Hall–Kier alpha value is -2.84. The van der Waals surface area contributed by atoms with E-state index in [0.29, 0.717) is 0 Å². The summed E-state index contributed by atoms with van der Waals surface area (Å²) in [5.41, 5.74) is 14.0. The number of hydrogen-bond acceptors (Lipinski definition) is 0. The molecule has 4 atom stereocenters. The first-order chi connectivity index (χ1) is 23.0. The zero-order valence-electron chi connectivity index (χ0n) is 31.3. The van der Waals surface area contributed by atoms with Crippen molar-refractivity contribution in [3.8, 4) is 0 Å². The Kier molecular flexibility index (Phi) is 9.57. The van der Waals surface area contributed by atoms with Gasteiger partial charge in [-0.3, -0.25) is 0 Å². The van der Waals surface area contributed by atoms with Crippen molar-refractivity contribution in [1.29, 1.82) is 0 Å². The fourth-order valence-corrected chi connectivity index (χ4v) is 13.7. The predicted molar refractivity (Wildman–Crippen MR) is 218 cm³/mol. The van der Waals surface area contributed by atoms with E-state index in [4.69, 9.17) is 23.2 Å². The van der Waals surface area contributed by atoms with Gasteiger partial charge in [-0.1, -0.05) is 189 Å². The molecule has 0 spiro atoms. The number of rotatable bonds is 6. The first-order valence-electron chi connectivity index (χ1n) is 18.2. The summed E-state index contributed by atoms with van der Waals surface area (Å²) in [6, 6.07) is 13.5. The lowest BCUT2D eigenvalue weighted by atomic mass is 9.83. The van der Waals surface area contributed by atoms with Crippen molar-refractivity contribution < 1.29 is 0 Å². The predicted octanol–water partition coefficient (Wildman–Crippen LogP) is 13.5. The Morgan fingerprint density at radius 3 is 1.33 bits per heavy atom. The van der Waals surface area contributed by atoms with Gasteiger partial charge in [-0.05, 0) is 80.4 Å². The van der Waals surface area contributed by atoms with Crippen molar-refractivity contribution in [2.45, 2.75) is 115 Å². The van der Waals surface area contributed by atoms with Crippen LogP contribution in [0.5, 0.6) is 0 Å². The molecule has 0 N–H and O–H groups in total. The van der Waals surface area contributed by atoms with Gasteiger partial charge in [0.25, 0.3) is 0 Å². The van der Waals surface area contributed by atoms with Crippen LogP contribution in [0.3, 0.4) is 0 Å². The first kappa shape index (κ1) is 36.0. The van der Waals surface area contributed by atoms with Gasteiger partial charge >= 0.3 is 0 Å². The van der Waals surface area contributed by atoms with E-state index < -0.39 is 9.52 Å². The van der Waals surface area contributed by atoms with Crippen LogP contribution in [0.1, 0.15) is 116 Å². The molecule has 0 heterocycles. The maximum Gasteiger partial charge on any atom is 0.0544 e. The molecule has 0 aliphatic heterocycles. The number of allylic oxidation sites excluding steroid dienone is 16. The molecule has 0 saturated carbocycles.